The van der Waals surface area contributed by atoms with E-state index in [0.717, 1.165) is 66.9 Å². The van der Waals surface area contributed by atoms with Crippen molar-refractivity contribution in [3.63, 3.8) is 0 Å². The standard InChI is InChI=1S/C36H38F6N4O3/c37-35(38,39)29-9-3-25(4-10-29)21-44-17-13-31(14-18-44)43-32(47)28-7-1-27(2-8-28)23-46-24-34(49-33(46)48)15-19-45(20-16-34)22-26-5-11-30(12-6-26)36(40,41)42/h1-12,31H,13-24H2,(H,43,47). The van der Waals surface area contributed by atoms with Crippen LogP contribution in [0.4, 0.5) is 31.1 Å². The highest BCUT2D eigenvalue weighted by atomic mass is 19.4. The lowest BCUT2D eigenvalue weighted by molar-refractivity contribution is -0.138. The maximum Gasteiger partial charge on any atom is 0.416 e. The van der Waals surface area contributed by atoms with Crippen LogP contribution in [0.2, 0.25) is 0 Å². The van der Waals surface area contributed by atoms with Crippen LogP contribution in [0.25, 0.3) is 0 Å². The fourth-order valence-corrected chi connectivity index (χ4v) is 6.79. The highest BCUT2D eigenvalue weighted by Gasteiger charge is 2.47. The Morgan fingerprint density at radius 2 is 1.14 bits per heavy atom. The number of ether oxygens (including phenoxy) is 1. The van der Waals surface area contributed by atoms with E-state index in [9.17, 15) is 35.9 Å². The molecule has 7 nitrogen and oxygen atoms in total. The molecule has 0 bridgehead atoms. The lowest BCUT2D eigenvalue weighted by Gasteiger charge is -2.37. The van der Waals surface area contributed by atoms with Crippen LogP contribution in [-0.4, -0.2) is 71.1 Å². The number of rotatable bonds is 8. The van der Waals surface area contributed by atoms with Gasteiger partial charge in [-0.15, -0.1) is 0 Å². The smallest absolute Gasteiger partial charge is 0.416 e. The monoisotopic (exact) mass is 688 g/mol. The Morgan fingerprint density at radius 1 is 0.694 bits per heavy atom. The highest BCUT2D eigenvalue weighted by molar-refractivity contribution is 5.94. The van der Waals surface area contributed by atoms with Gasteiger partial charge in [-0.1, -0.05) is 36.4 Å². The van der Waals surface area contributed by atoms with Crippen molar-refractivity contribution < 1.29 is 40.7 Å². The molecule has 3 fully saturated rings. The molecule has 13 heteroatoms. The number of hydrogen-bond acceptors (Lipinski definition) is 5. The Balaban J connectivity index is 0.926. The summed E-state index contributed by atoms with van der Waals surface area (Å²) in [5.74, 6) is -0.185. The highest BCUT2D eigenvalue weighted by Crippen LogP contribution is 2.35. The van der Waals surface area contributed by atoms with Gasteiger partial charge in [-0.3, -0.25) is 19.5 Å². The average molecular weight is 689 g/mol. The zero-order valence-corrected chi connectivity index (χ0v) is 26.8. The van der Waals surface area contributed by atoms with E-state index in [0.29, 0.717) is 57.7 Å². The summed E-state index contributed by atoms with van der Waals surface area (Å²) in [4.78, 5) is 31.7. The summed E-state index contributed by atoms with van der Waals surface area (Å²) < 4.78 is 83.0. The zero-order valence-electron chi connectivity index (χ0n) is 26.8. The molecule has 0 radical (unpaired) electrons. The number of amides is 2. The summed E-state index contributed by atoms with van der Waals surface area (Å²) in [6, 6.07) is 17.5. The van der Waals surface area contributed by atoms with E-state index in [1.807, 2.05) is 12.1 Å². The number of carbonyl (C=O) groups excluding carboxylic acids is 2. The topological polar surface area (TPSA) is 65.1 Å². The normalized spacial score (nSPS) is 19.3. The van der Waals surface area contributed by atoms with Crippen molar-refractivity contribution in [2.24, 2.45) is 0 Å². The first-order valence-electron chi connectivity index (χ1n) is 16.4. The van der Waals surface area contributed by atoms with Gasteiger partial charge in [0, 0.05) is 70.3 Å². The SMILES string of the molecule is O=C(NC1CCN(Cc2ccc(C(F)(F)F)cc2)CC1)c1ccc(CN2CC3(CCN(Cc4ccc(C(F)(F)F)cc4)CC3)OC2=O)cc1. The second-order valence-electron chi connectivity index (χ2n) is 13.3. The van der Waals surface area contributed by atoms with Crippen LogP contribution in [0, 0.1) is 0 Å². The number of piperidine rings is 2. The van der Waals surface area contributed by atoms with Gasteiger partial charge in [0.2, 0.25) is 0 Å². The van der Waals surface area contributed by atoms with E-state index >= 15 is 0 Å². The molecule has 2 amide bonds. The number of nitrogens with one attached hydrogen (secondary N) is 1. The van der Waals surface area contributed by atoms with Gasteiger partial charge < -0.3 is 10.1 Å². The Morgan fingerprint density at radius 3 is 1.63 bits per heavy atom. The largest absolute Gasteiger partial charge is 0.441 e. The summed E-state index contributed by atoms with van der Waals surface area (Å²) in [5, 5.41) is 3.08. The lowest BCUT2D eigenvalue weighted by atomic mass is 9.91. The molecule has 3 aliphatic rings. The number of benzene rings is 3. The molecule has 6 rings (SSSR count). The van der Waals surface area contributed by atoms with Gasteiger partial charge in [0.25, 0.3) is 5.91 Å². The average Bonchev–Trinajstić information content (AvgIpc) is 3.36. The minimum Gasteiger partial charge on any atom is -0.441 e. The van der Waals surface area contributed by atoms with Gasteiger partial charge in [-0.05, 0) is 65.9 Å². The molecule has 49 heavy (non-hydrogen) atoms. The van der Waals surface area contributed by atoms with Gasteiger partial charge in [0.05, 0.1) is 17.7 Å². The van der Waals surface area contributed by atoms with E-state index in [-0.39, 0.29) is 18.0 Å². The summed E-state index contributed by atoms with van der Waals surface area (Å²) in [7, 11) is 0. The fourth-order valence-electron chi connectivity index (χ4n) is 6.79. The second kappa shape index (κ2) is 14.0. The van der Waals surface area contributed by atoms with Crippen molar-refractivity contribution in [2.45, 2.75) is 69.3 Å². The van der Waals surface area contributed by atoms with Crippen molar-refractivity contribution in [1.29, 1.82) is 0 Å². The maximum absolute atomic E-state index is 13.0. The number of carbonyl (C=O) groups is 2. The van der Waals surface area contributed by atoms with Crippen LogP contribution >= 0.6 is 0 Å². The van der Waals surface area contributed by atoms with Crippen LogP contribution in [0.5, 0.6) is 0 Å². The lowest BCUT2D eigenvalue weighted by Crippen LogP contribution is -2.46. The second-order valence-corrected chi connectivity index (χ2v) is 13.3. The van der Waals surface area contributed by atoms with E-state index in [2.05, 4.69) is 15.1 Å². The van der Waals surface area contributed by atoms with Gasteiger partial charge in [0.1, 0.15) is 5.60 Å². The molecule has 0 unspecified atom stereocenters. The van der Waals surface area contributed by atoms with Crippen molar-refractivity contribution in [2.75, 3.05) is 32.7 Å². The van der Waals surface area contributed by atoms with Crippen LogP contribution in [0.3, 0.4) is 0 Å². The van der Waals surface area contributed by atoms with Crippen molar-refractivity contribution >= 4 is 12.0 Å². The van der Waals surface area contributed by atoms with Crippen LogP contribution in [0.15, 0.2) is 72.8 Å². The third-order valence-electron chi connectivity index (χ3n) is 9.70. The predicted molar refractivity (Wildman–Crippen MR) is 169 cm³/mol. The molecule has 0 aromatic heterocycles. The molecule has 3 heterocycles. The first-order valence-corrected chi connectivity index (χ1v) is 16.4. The number of likely N-dealkylation sites (tertiary alicyclic amines) is 2. The summed E-state index contributed by atoms with van der Waals surface area (Å²) >= 11 is 0. The minimum atomic E-state index is -4.36. The van der Waals surface area contributed by atoms with E-state index in [4.69, 9.17) is 4.74 Å². The van der Waals surface area contributed by atoms with Crippen LogP contribution in [0.1, 0.15) is 63.9 Å². The number of nitrogens with zero attached hydrogens (tertiary/aromatic N) is 3. The molecule has 0 atom stereocenters. The quantitative estimate of drug-likeness (QED) is 0.256. The van der Waals surface area contributed by atoms with Crippen LogP contribution in [-0.2, 0) is 36.7 Å². The molecule has 3 aliphatic heterocycles. The number of hydrogen-bond donors (Lipinski definition) is 1. The van der Waals surface area contributed by atoms with E-state index in [1.165, 1.54) is 24.3 Å². The third kappa shape index (κ3) is 8.74. The molecule has 3 saturated heterocycles. The molecule has 0 saturated carbocycles. The summed E-state index contributed by atoms with van der Waals surface area (Å²) in [6.07, 6.45) is -6.38. The Labute approximate surface area is 280 Å². The maximum atomic E-state index is 13.0. The molecular formula is C36H38F6N4O3. The van der Waals surface area contributed by atoms with Gasteiger partial charge in [-0.25, -0.2) is 4.79 Å². The van der Waals surface area contributed by atoms with Gasteiger partial charge in [0.15, 0.2) is 0 Å². The van der Waals surface area contributed by atoms with Crippen molar-refractivity contribution in [3.8, 4) is 0 Å². The molecule has 1 spiro atoms. The van der Waals surface area contributed by atoms with Gasteiger partial charge in [-0.2, -0.15) is 26.3 Å². The molecule has 3 aromatic rings. The number of halogens is 6. The molecule has 1 N–H and O–H groups in total. The summed E-state index contributed by atoms with van der Waals surface area (Å²) in [6.45, 7) is 4.61. The van der Waals surface area contributed by atoms with Gasteiger partial charge >= 0.3 is 18.4 Å². The van der Waals surface area contributed by atoms with Crippen molar-refractivity contribution in [3.05, 3.63) is 106 Å². The molecular weight excluding hydrogens is 650 g/mol. The Kier molecular flexibility index (Phi) is 9.95. The zero-order chi connectivity index (χ0) is 34.8. The van der Waals surface area contributed by atoms with Crippen molar-refractivity contribution in [1.82, 2.24) is 20.0 Å². The summed E-state index contributed by atoms with van der Waals surface area (Å²) in [5.41, 5.74) is 1.06. The first-order chi connectivity index (χ1) is 23.2. The van der Waals surface area contributed by atoms with E-state index < -0.39 is 29.1 Å². The van der Waals surface area contributed by atoms with Crippen LogP contribution < -0.4 is 5.32 Å². The Hall–Kier alpha value is -4.10. The minimum absolute atomic E-state index is 0.00653. The fraction of sp³-hybridized carbons (Fsp3) is 0.444. The van der Waals surface area contributed by atoms with E-state index in [1.54, 1.807) is 17.0 Å². The Bertz CT molecular complexity index is 1590. The molecule has 0 aliphatic carbocycles. The first kappa shape index (κ1) is 34.8. The molecule has 3 aromatic carbocycles. The predicted octanol–water partition coefficient (Wildman–Crippen LogP) is 7.11. The third-order valence-corrected chi connectivity index (χ3v) is 9.70. The molecule has 262 valence electrons. The number of alkyl halides is 6.